The number of nitrogens with zero attached hydrogens (tertiary/aromatic N) is 6. The molecule has 204 valence electrons. The van der Waals surface area contributed by atoms with Gasteiger partial charge >= 0.3 is 11.8 Å². The number of fused-ring (bicyclic) bond motifs is 1. The maximum Gasteiger partial charge on any atom is 0.410 e. The number of carbonyl (C=O) groups is 1. The van der Waals surface area contributed by atoms with Crippen LogP contribution in [0.1, 0.15) is 45.2 Å². The highest BCUT2D eigenvalue weighted by Crippen LogP contribution is 2.28. The lowest BCUT2D eigenvalue weighted by Gasteiger charge is -2.33. The minimum absolute atomic E-state index is 0.00178. The number of piperidine rings is 1. The predicted octanol–water partition coefficient (Wildman–Crippen LogP) is 2.83. The Bertz CT molecular complexity index is 1590. The van der Waals surface area contributed by atoms with Crippen molar-refractivity contribution in [3.05, 3.63) is 62.8 Å². The van der Waals surface area contributed by atoms with Gasteiger partial charge in [0.2, 0.25) is 5.82 Å². The van der Waals surface area contributed by atoms with Gasteiger partial charge in [0.25, 0.3) is 5.56 Å². The van der Waals surface area contributed by atoms with E-state index in [1.165, 1.54) is 4.68 Å². The molecular weight excluding hydrogens is 504 g/mol. The number of hydrogen-bond acceptors (Lipinski definition) is 9. The molecule has 12 heteroatoms. The number of hydrogen-bond donors (Lipinski definition) is 1. The molecule has 2 aromatic rings. The van der Waals surface area contributed by atoms with Gasteiger partial charge in [0.05, 0.1) is 6.61 Å². The van der Waals surface area contributed by atoms with Crippen LogP contribution in [0.15, 0.2) is 50.4 Å². The molecule has 12 nitrogen and oxygen atoms in total. The molecule has 3 aliphatic heterocycles. The molecule has 1 N–H and O–H groups in total. The average Bonchev–Trinajstić information content (AvgIpc) is 3.39. The van der Waals surface area contributed by atoms with Crippen LogP contribution in [-0.4, -0.2) is 59.1 Å². The summed E-state index contributed by atoms with van der Waals surface area (Å²) < 4.78 is 13.9. The van der Waals surface area contributed by atoms with Gasteiger partial charge in [-0.05, 0) is 51.3 Å². The Hall–Kier alpha value is -4.32. The summed E-state index contributed by atoms with van der Waals surface area (Å²) in [7, 11) is 1.58. The Morgan fingerprint density at radius 3 is 2.36 bits per heavy atom. The second-order valence-electron chi connectivity index (χ2n) is 10.5. The number of aromatic nitrogens is 5. The van der Waals surface area contributed by atoms with Crippen LogP contribution in [0.25, 0.3) is 34.4 Å². The van der Waals surface area contributed by atoms with Crippen molar-refractivity contribution < 1.29 is 19.1 Å². The molecule has 1 aromatic carbocycles. The molecule has 0 radical (unpaired) electrons. The zero-order valence-corrected chi connectivity index (χ0v) is 22.2. The standard InChI is InChI=1S/C27H30N6O6/c1-27(2,3)39-26(37)32-13-11-18(12-14-32)33-24(35)21-23(29-25(33)36)31(4)30-22(28-21)20-10-9-19(38-20)17-7-5-16(15-34)6-8-17/h5-10,18,34H,11-15H2,1-4H3. The van der Waals surface area contributed by atoms with E-state index in [4.69, 9.17) is 9.15 Å². The van der Waals surface area contributed by atoms with Crippen LogP contribution in [0.2, 0.25) is 0 Å². The molecule has 5 rings (SSSR count). The molecule has 0 bridgehead atoms. The van der Waals surface area contributed by atoms with E-state index in [1.807, 2.05) is 12.1 Å². The van der Waals surface area contributed by atoms with Crippen LogP contribution < -0.4 is 11.2 Å². The highest BCUT2D eigenvalue weighted by molar-refractivity contribution is 5.68. The molecular formula is C27H30N6O6. The Morgan fingerprint density at radius 2 is 1.72 bits per heavy atom. The minimum Gasteiger partial charge on any atom is -0.453 e. The Balaban J connectivity index is 1.44. The van der Waals surface area contributed by atoms with Gasteiger partial charge in [-0.1, -0.05) is 24.3 Å². The first-order valence-corrected chi connectivity index (χ1v) is 12.7. The summed E-state index contributed by atoms with van der Waals surface area (Å²) in [4.78, 5) is 49.0. The van der Waals surface area contributed by atoms with Crippen molar-refractivity contribution in [1.29, 1.82) is 0 Å². The minimum atomic E-state index is -0.679. The average molecular weight is 535 g/mol. The molecule has 1 fully saturated rings. The van der Waals surface area contributed by atoms with Crippen molar-refractivity contribution in [2.75, 3.05) is 13.1 Å². The zero-order chi connectivity index (χ0) is 27.9. The highest BCUT2D eigenvalue weighted by Gasteiger charge is 2.31. The fourth-order valence-electron chi connectivity index (χ4n) is 4.58. The molecule has 1 saturated heterocycles. The number of aliphatic hydroxyl groups is 1. The van der Waals surface area contributed by atoms with Crippen molar-refractivity contribution in [3.8, 4) is 34.4 Å². The van der Waals surface area contributed by atoms with E-state index in [0.717, 1.165) is 15.7 Å². The Labute approximate surface area is 223 Å². The van der Waals surface area contributed by atoms with Gasteiger partial charge in [-0.2, -0.15) is 4.98 Å². The van der Waals surface area contributed by atoms with Gasteiger partial charge in [0.1, 0.15) is 11.4 Å². The molecule has 39 heavy (non-hydrogen) atoms. The maximum absolute atomic E-state index is 13.5. The van der Waals surface area contributed by atoms with E-state index in [-0.39, 0.29) is 23.9 Å². The first-order chi connectivity index (χ1) is 18.5. The topological polar surface area (TPSA) is 146 Å². The number of ether oxygens (including phenoxy) is 1. The number of likely N-dealkylation sites (tertiary alicyclic amines) is 1. The summed E-state index contributed by atoms with van der Waals surface area (Å²) in [6.45, 7) is 6.05. The van der Waals surface area contributed by atoms with Gasteiger partial charge in [0.15, 0.2) is 17.3 Å². The molecule has 0 saturated carbocycles. The van der Waals surface area contributed by atoms with E-state index < -0.39 is 29.0 Å². The summed E-state index contributed by atoms with van der Waals surface area (Å²) in [6, 6.07) is 10.3. The molecule has 1 aromatic heterocycles. The lowest BCUT2D eigenvalue weighted by molar-refractivity contribution is 0.0186. The number of aryl methyl sites for hydroxylation is 1. The van der Waals surface area contributed by atoms with Crippen molar-refractivity contribution in [1.82, 2.24) is 29.2 Å². The molecule has 0 aliphatic carbocycles. The van der Waals surface area contributed by atoms with Crippen LogP contribution in [-0.2, 0) is 18.4 Å². The van der Waals surface area contributed by atoms with Gasteiger partial charge in [0, 0.05) is 31.7 Å². The molecule has 1 amide bonds. The van der Waals surface area contributed by atoms with E-state index >= 15 is 0 Å². The second-order valence-corrected chi connectivity index (χ2v) is 10.5. The van der Waals surface area contributed by atoms with E-state index in [0.29, 0.717) is 37.5 Å². The fraction of sp³-hybridized carbons (Fsp3) is 0.407. The SMILES string of the molecule is Cn1nc(-c2ccc(-c3ccc(CO)cc3)o2)nc2c(=O)n(C3CCN(C(=O)OC(C)(C)C)CC3)c(=O)nc1-2. The predicted molar refractivity (Wildman–Crippen MR) is 141 cm³/mol. The van der Waals surface area contributed by atoms with Gasteiger partial charge in [-0.3, -0.25) is 9.36 Å². The molecule has 3 aliphatic rings. The maximum atomic E-state index is 13.5. The number of furan rings is 1. The zero-order valence-electron chi connectivity index (χ0n) is 22.2. The van der Waals surface area contributed by atoms with Crippen LogP contribution in [0, 0.1) is 0 Å². The number of aliphatic hydroxyl groups excluding tert-OH is 1. The third-order valence-electron chi connectivity index (χ3n) is 6.54. The molecule has 0 unspecified atom stereocenters. The smallest absolute Gasteiger partial charge is 0.410 e. The highest BCUT2D eigenvalue weighted by atomic mass is 16.6. The lowest BCUT2D eigenvalue weighted by atomic mass is 10.0. The summed E-state index contributed by atoms with van der Waals surface area (Å²) >= 11 is 0. The van der Waals surface area contributed by atoms with E-state index in [2.05, 4.69) is 15.1 Å². The summed E-state index contributed by atoms with van der Waals surface area (Å²) in [6.07, 6.45) is 0.392. The Morgan fingerprint density at radius 1 is 1.05 bits per heavy atom. The molecule has 0 spiro atoms. The van der Waals surface area contributed by atoms with Crippen molar-refractivity contribution in [2.24, 2.45) is 7.05 Å². The van der Waals surface area contributed by atoms with Crippen molar-refractivity contribution in [3.63, 3.8) is 0 Å². The Kier molecular flexibility index (Phi) is 6.81. The first-order valence-electron chi connectivity index (χ1n) is 12.7. The monoisotopic (exact) mass is 534 g/mol. The van der Waals surface area contributed by atoms with Crippen molar-refractivity contribution >= 4 is 6.09 Å². The van der Waals surface area contributed by atoms with E-state index in [9.17, 15) is 19.5 Å². The fourth-order valence-corrected chi connectivity index (χ4v) is 4.58. The largest absolute Gasteiger partial charge is 0.453 e. The number of amides is 1. The quantitative estimate of drug-likeness (QED) is 0.418. The van der Waals surface area contributed by atoms with Gasteiger partial charge < -0.3 is 19.2 Å². The van der Waals surface area contributed by atoms with Gasteiger partial charge in [-0.15, -0.1) is 5.10 Å². The van der Waals surface area contributed by atoms with Gasteiger partial charge in [-0.25, -0.2) is 19.3 Å². The lowest BCUT2D eigenvalue weighted by Crippen LogP contribution is -2.47. The number of rotatable bonds is 4. The second kappa shape index (κ2) is 10.1. The van der Waals surface area contributed by atoms with Crippen LogP contribution in [0.4, 0.5) is 4.79 Å². The molecule has 0 atom stereocenters. The van der Waals surface area contributed by atoms with Crippen LogP contribution >= 0.6 is 0 Å². The summed E-state index contributed by atoms with van der Waals surface area (Å²) in [5, 5.41) is 13.6. The number of benzene rings is 1. The summed E-state index contributed by atoms with van der Waals surface area (Å²) in [5.74, 6) is 1.16. The van der Waals surface area contributed by atoms with Crippen molar-refractivity contribution in [2.45, 2.75) is 51.9 Å². The summed E-state index contributed by atoms with van der Waals surface area (Å²) in [5.41, 5.74) is -0.259. The normalized spacial score (nSPS) is 14.6. The third-order valence-corrected chi connectivity index (χ3v) is 6.54. The number of carbonyl (C=O) groups excluding carboxylic acids is 1. The molecule has 4 heterocycles. The van der Waals surface area contributed by atoms with E-state index in [1.54, 1.807) is 57.0 Å². The first kappa shape index (κ1) is 26.3. The van der Waals surface area contributed by atoms with Crippen LogP contribution in [0.5, 0.6) is 0 Å². The van der Waals surface area contributed by atoms with Crippen LogP contribution in [0.3, 0.4) is 0 Å². The third kappa shape index (κ3) is 5.32.